The molecule has 0 radical (unpaired) electrons. The van der Waals surface area contributed by atoms with Crippen molar-refractivity contribution in [2.75, 3.05) is 18.0 Å². The molecule has 1 unspecified atom stereocenters. The van der Waals surface area contributed by atoms with Crippen LogP contribution in [-0.4, -0.2) is 51.9 Å². The number of hydrogen-bond acceptors (Lipinski definition) is 9. The fourth-order valence-corrected chi connectivity index (χ4v) is 7.22. The Hall–Kier alpha value is -4.18. The van der Waals surface area contributed by atoms with Gasteiger partial charge >= 0.3 is 5.97 Å². The zero-order valence-corrected chi connectivity index (χ0v) is 28.1. The molecule has 12 heteroatoms. The maximum atomic E-state index is 15.2. The second-order valence-corrected chi connectivity index (χ2v) is 14.4. The molecule has 5 rings (SSSR count). The molecule has 0 saturated carbocycles. The summed E-state index contributed by atoms with van der Waals surface area (Å²) in [4.78, 5) is 28.7. The minimum atomic E-state index is -1.12. The van der Waals surface area contributed by atoms with Crippen LogP contribution in [0.3, 0.4) is 0 Å². The fraction of sp³-hybridized carbons (Fsp3) is 0.417. The average molecular weight is 679 g/mol. The van der Waals surface area contributed by atoms with E-state index in [9.17, 15) is 19.1 Å². The summed E-state index contributed by atoms with van der Waals surface area (Å²) in [6.07, 6.45) is 0.445. The molecule has 0 aromatic heterocycles. The molecule has 2 aliphatic rings. The molecule has 2 heterocycles. The summed E-state index contributed by atoms with van der Waals surface area (Å²) in [6.45, 7) is 6.80. The van der Waals surface area contributed by atoms with Crippen molar-refractivity contribution in [3.8, 4) is 11.8 Å². The molecule has 1 saturated heterocycles. The Morgan fingerprint density at radius 2 is 1.85 bits per heavy atom. The predicted molar refractivity (Wildman–Crippen MR) is 178 cm³/mol. The number of amides is 1. The van der Waals surface area contributed by atoms with E-state index in [0.29, 0.717) is 46.1 Å². The number of aliphatic hydroxyl groups excluding tert-OH is 1. The molecular weight excluding hydrogens is 638 g/mol. The highest BCUT2D eigenvalue weighted by molar-refractivity contribution is 8.00. The lowest BCUT2D eigenvalue weighted by atomic mass is 10.1. The first-order chi connectivity index (χ1) is 22.8. The Balaban J connectivity index is 1.17. The van der Waals surface area contributed by atoms with Gasteiger partial charge in [-0.15, -0.1) is 11.8 Å². The number of fused-ring (bicyclic) bond motifs is 1. The molecular formula is C36H40F2N4O5S. The van der Waals surface area contributed by atoms with Crippen molar-refractivity contribution >= 4 is 29.3 Å². The maximum absolute atomic E-state index is 15.2. The molecule has 3 N–H and O–H groups in total. The Bertz CT molecular complexity index is 1700. The van der Waals surface area contributed by atoms with Gasteiger partial charge in [0.25, 0.3) is 0 Å². The van der Waals surface area contributed by atoms with Gasteiger partial charge in [0.05, 0.1) is 23.4 Å². The van der Waals surface area contributed by atoms with E-state index in [4.69, 9.17) is 20.5 Å². The monoisotopic (exact) mass is 678 g/mol. The largest absolute Gasteiger partial charge is 0.489 e. The van der Waals surface area contributed by atoms with E-state index in [1.165, 1.54) is 23.9 Å². The average Bonchev–Trinajstić information content (AvgIpc) is 3.37. The SMILES string of the molecule is CC(C)(C)OC(=O)CC[C@@H](C(N)=O)N1Cc2c(OCc3ccc(SC4CCN(c5ccc(C#N)cc5F)CC4)c(F)c3)cccc2C1O. The number of primary amides is 1. The van der Waals surface area contributed by atoms with Crippen LogP contribution in [0.1, 0.15) is 74.9 Å². The molecule has 48 heavy (non-hydrogen) atoms. The first-order valence-corrected chi connectivity index (χ1v) is 16.8. The van der Waals surface area contributed by atoms with Gasteiger partial charge in [-0.3, -0.25) is 14.5 Å². The van der Waals surface area contributed by atoms with Crippen LogP contribution in [-0.2, 0) is 27.5 Å². The smallest absolute Gasteiger partial charge is 0.306 e. The van der Waals surface area contributed by atoms with Crippen molar-refractivity contribution in [3.63, 3.8) is 0 Å². The predicted octanol–water partition coefficient (Wildman–Crippen LogP) is 5.96. The summed E-state index contributed by atoms with van der Waals surface area (Å²) in [6, 6.07) is 15.8. The molecule has 1 amide bonds. The van der Waals surface area contributed by atoms with Crippen LogP contribution in [0.5, 0.6) is 5.75 Å². The summed E-state index contributed by atoms with van der Waals surface area (Å²) in [7, 11) is 0. The minimum Gasteiger partial charge on any atom is -0.489 e. The van der Waals surface area contributed by atoms with Gasteiger partial charge in [-0.25, -0.2) is 8.78 Å². The molecule has 9 nitrogen and oxygen atoms in total. The highest BCUT2D eigenvalue weighted by atomic mass is 32.2. The van der Waals surface area contributed by atoms with Gasteiger partial charge < -0.3 is 25.2 Å². The lowest BCUT2D eigenvalue weighted by Crippen LogP contribution is -2.44. The lowest BCUT2D eigenvalue weighted by Gasteiger charge is -2.33. The van der Waals surface area contributed by atoms with Crippen LogP contribution in [0.25, 0.3) is 0 Å². The third-order valence-corrected chi connectivity index (χ3v) is 9.81. The normalized spacial score (nSPS) is 17.4. The number of benzene rings is 3. The van der Waals surface area contributed by atoms with E-state index < -0.39 is 35.6 Å². The number of piperidine rings is 1. The van der Waals surface area contributed by atoms with Crippen LogP contribution in [0.15, 0.2) is 59.5 Å². The first-order valence-electron chi connectivity index (χ1n) is 15.9. The number of esters is 1. The fourth-order valence-electron chi connectivity index (χ4n) is 6.09. The van der Waals surface area contributed by atoms with Crippen LogP contribution >= 0.6 is 11.8 Å². The molecule has 3 aromatic carbocycles. The van der Waals surface area contributed by atoms with Crippen molar-refractivity contribution < 1.29 is 33.0 Å². The van der Waals surface area contributed by atoms with Crippen molar-refractivity contribution in [1.29, 1.82) is 5.26 Å². The Labute approximate surface area is 283 Å². The number of halogens is 2. The van der Waals surface area contributed by atoms with Gasteiger partial charge in [-0.1, -0.05) is 18.2 Å². The molecule has 0 bridgehead atoms. The summed E-state index contributed by atoms with van der Waals surface area (Å²) in [5, 5.41) is 20.3. The molecule has 2 aliphatic heterocycles. The maximum Gasteiger partial charge on any atom is 0.306 e. The second kappa shape index (κ2) is 14.9. The highest BCUT2D eigenvalue weighted by Crippen LogP contribution is 2.40. The lowest BCUT2D eigenvalue weighted by molar-refractivity contribution is -0.155. The van der Waals surface area contributed by atoms with Gasteiger partial charge in [0.1, 0.15) is 35.8 Å². The number of carbonyl (C=O) groups is 2. The van der Waals surface area contributed by atoms with Crippen molar-refractivity contribution in [3.05, 3.63) is 88.5 Å². The number of thioether (sulfide) groups is 1. The third-order valence-electron chi connectivity index (χ3n) is 8.42. The van der Waals surface area contributed by atoms with E-state index in [0.717, 1.165) is 12.8 Å². The zero-order valence-electron chi connectivity index (χ0n) is 27.2. The number of rotatable bonds is 11. The number of nitrogens with zero attached hydrogens (tertiary/aromatic N) is 3. The summed E-state index contributed by atoms with van der Waals surface area (Å²) in [5.74, 6) is -1.39. The number of nitrogens with two attached hydrogens (primary N) is 1. The molecule has 2 atom stereocenters. The summed E-state index contributed by atoms with van der Waals surface area (Å²) >= 11 is 1.47. The first kappa shape index (κ1) is 35.1. The number of nitriles is 1. The Morgan fingerprint density at radius 1 is 1.10 bits per heavy atom. The number of ether oxygens (including phenoxy) is 2. The van der Waals surface area contributed by atoms with E-state index in [2.05, 4.69) is 0 Å². The standard InChI is InChI=1S/C36H40F2N4O5S/c1-36(2,3)47-33(43)12-10-30(34(40)44)42-20-26-25(35(42)45)5-4-6-31(26)46-21-23-8-11-32(28(38)18-23)48-24-13-15-41(16-14-24)29-9-7-22(19-39)17-27(29)37/h4-9,11,17-18,24,30,35,45H,10,12-16,20-21H2,1-3H3,(H2,40,44)/t30-,35?/m0/s1. The Morgan fingerprint density at radius 3 is 2.50 bits per heavy atom. The number of hydrogen-bond donors (Lipinski definition) is 2. The molecule has 254 valence electrons. The van der Waals surface area contributed by atoms with E-state index >= 15 is 4.39 Å². The van der Waals surface area contributed by atoms with Crippen LogP contribution in [0.4, 0.5) is 14.5 Å². The van der Waals surface area contributed by atoms with Crippen LogP contribution in [0.2, 0.25) is 0 Å². The summed E-state index contributed by atoms with van der Waals surface area (Å²) < 4.78 is 41.2. The zero-order chi connectivity index (χ0) is 34.6. The van der Waals surface area contributed by atoms with Crippen molar-refractivity contribution in [2.45, 2.75) is 87.6 Å². The third kappa shape index (κ3) is 8.45. The van der Waals surface area contributed by atoms with Crippen LogP contribution < -0.4 is 15.4 Å². The molecule has 3 aromatic rings. The second-order valence-electron chi connectivity index (χ2n) is 13.0. The van der Waals surface area contributed by atoms with Crippen molar-refractivity contribution in [2.24, 2.45) is 5.73 Å². The number of anilines is 1. The number of carbonyl (C=O) groups excluding carboxylic acids is 2. The molecule has 0 spiro atoms. The topological polar surface area (TPSA) is 129 Å². The van der Waals surface area contributed by atoms with Gasteiger partial charge in [0.2, 0.25) is 5.91 Å². The van der Waals surface area contributed by atoms with E-state index in [1.807, 2.05) is 17.0 Å². The summed E-state index contributed by atoms with van der Waals surface area (Å²) in [5.41, 5.74) is 7.68. The van der Waals surface area contributed by atoms with Gasteiger partial charge in [0, 0.05) is 47.3 Å². The minimum absolute atomic E-state index is 0.0363. The molecule has 0 aliphatic carbocycles. The number of aliphatic hydroxyl groups is 1. The van der Waals surface area contributed by atoms with E-state index in [1.54, 1.807) is 62.1 Å². The molecule has 1 fully saturated rings. The van der Waals surface area contributed by atoms with E-state index in [-0.39, 0.29) is 42.6 Å². The Kier molecular flexibility index (Phi) is 10.9. The van der Waals surface area contributed by atoms with Gasteiger partial charge in [-0.2, -0.15) is 5.26 Å². The van der Waals surface area contributed by atoms with Gasteiger partial charge in [0.15, 0.2) is 0 Å². The quantitative estimate of drug-likeness (QED) is 0.236. The van der Waals surface area contributed by atoms with Crippen molar-refractivity contribution in [1.82, 2.24) is 4.90 Å². The van der Waals surface area contributed by atoms with Gasteiger partial charge in [-0.05, 0) is 82.0 Å². The van der Waals surface area contributed by atoms with Crippen LogP contribution in [0, 0.1) is 23.0 Å². The highest BCUT2D eigenvalue weighted by Gasteiger charge is 2.38.